The molecule has 0 fully saturated rings. The van der Waals surface area contributed by atoms with Gasteiger partial charge >= 0.3 is 5.97 Å². The van der Waals surface area contributed by atoms with Crippen molar-refractivity contribution in [2.24, 2.45) is 0 Å². The Hall–Kier alpha value is -1.81. The molecule has 1 aromatic heterocycles. The van der Waals surface area contributed by atoms with E-state index in [2.05, 4.69) is 17.0 Å². The molecule has 3 nitrogen and oxygen atoms in total. The van der Waals surface area contributed by atoms with Crippen molar-refractivity contribution in [3.8, 4) is 0 Å². The van der Waals surface area contributed by atoms with Gasteiger partial charge in [0.05, 0.1) is 5.00 Å². The van der Waals surface area contributed by atoms with Crippen LogP contribution in [0.15, 0.2) is 36.4 Å². The van der Waals surface area contributed by atoms with Gasteiger partial charge in [0, 0.05) is 13.1 Å². The summed E-state index contributed by atoms with van der Waals surface area (Å²) in [6, 6.07) is 11.9. The van der Waals surface area contributed by atoms with E-state index in [0.29, 0.717) is 4.88 Å². The molecular formula is C13H11NO2S. The van der Waals surface area contributed by atoms with Gasteiger partial charge < -0.3 is 10.0 Å². The van der Waals surface area contributed by atoms with Crippen molar-refractivity contribution in [2.45, 2.75) is 13.1 Å². The highest BCUT2D eigenvalue weighted by molar-refractivity contribution is 7.17. The number of carbonyl (C=O) groups is 1. The minimum Gasteiger partial charge on any atom is -0.477 e. The Morgan fingerprint density at radius 2 is 1.76 bits per heavy atom. The van der Waals surface area contributed by atoms with E-state index in [1.54, 1.807) is 6.07 Å². The first-order valence-corrected chi connectivity index (χ1v) is 6.20. The molecule has 1 aliphatic rings. The lowest BCUT2D eigenvalue weighted by atomic mass is 10.1. The molecular weight excluding hydrogens is 234 g/mol. The average molecular weight is 245 g/mol. The molecule has 4 heteroatoms. The molecule has 86 valence electrons. The van der Waals surface area contributed by atoms with E-state index in [-0.39, 0.29) is 0 Å². The van der Waals surface area contributed by atoms with E-state index < -0.39 is 5.97 Å². The van der Waals surface area contributed by atoms with Crippen LogP contribution in [-0.2, 0) is 13.1 Å². The Kier molecular flexibility index (Phi) is 2.37. The lowest BCUT2D eigenvalue weighted by Crippen LogP contribution is -2.12. The first kappa shape index (κ1) is 10.4. The summed E-state index contributed by atoms with van der Waals surface area (Å²) in [5.41, 5.74) is 2.66. The van der Waals surface area contributed by atoms with Gasteiger partial charge in [-0.3, -0.25) is 0 Å². The second kappa shape index (κ2) is 3.89. The average Bonchev–Trinajstić information content (AvgIpc) is 2.95. The first-order chi connectivity index (χ1) is 8.24. The molecule has 0 unspecified atom stereocenters. The Morgan fingerprint density at radius 3 is 2.29 bits per heavy atom. The normalized spacial score (nSPS) is 13.8. The van der Waals surface area contributed by atoms with Crippen molar-refractivity contribution in [3.63, 3.8) is 0 Å². The van der Waals surface area contributed by atoms with E-state index in [9.17, 15) is 4.79 Å². The summed E-state index contributed by atoms with van der Waals surface area (Å²) in [5.74, 6) is -0.849. The highest BCUT2D eigenvalue weighted by Crippen LogP contribution is 2.33. The number of hydrogen-bond donors (Lipinski definition) is 1. The number of fused-ring (bicyclic) bond motifs is 1. The number of thiophene rings is 1. The molecule has 0 aliphatic carbocycles. The van der Waals surface area contributed by atoms with Crippen molar-refractivity contribution in [1.82, 2.24) is 0 Å². The van der Waals surface area contributed by atoms with Crippen molar-refractivity contribution in [3.05, 3.63) is 52.4 Å². The van der Waals surface area contributed by atoms with E-state index in [1.807, 2.05) is 18.2 Å². The second-order valence-electron chi connectivity index (χ2n) is 4.07. The van der Waals surface area contributed by atoms with E-state index in [0.717, 1.165) is 18.1 Å². The zero-order chi connectivity index (χ0) is 11.8. The molecule has 1 aliphatic heterocycles. The van der Waals surface area contributed by atoms with Gasteiger partial charge in [0.2, 0.25) is 0 Å². The lowest BCUT2D eigenvalue weighted by Gasteiger charge is -2.14. The Bertz CT molecular complexity index is 551. The van der Waals surface area contributed by atoms with Gasteiger partial charge in [-0.2, -0.15) is 0 Å². The quantitative estimate of drug-likeness (QED) is 0.884. The van der Waals surface area contributed by atoms with Gasteiger partial charge in [0.25, 0.3) is 0 Å². The Labute approximate surface area is 103 Å². The third-order valence-corrected chi connectivity index (χ3v) is 4.09. The van der Waals surface area contributed by atoms with Crippen LogP contribution in [0.25, 0.3) is 0 Å². The van der Waals surface area contributed by atoms with Crippen molar-refractivity contribution < 1.29 is 9.90 Å². The van der Waals surface area contributed by atoms with Gasteiger partial charge in [-0.1, -0.05) is 24.3 Å². The molecule has 3 rings (SSSR count). The summed E-state index contributed by atoms with van der Waals surface area (Å²) in [4.78, 5) is 13.4. The van der Waals surface area contributed by atoms with Crippen LogP contribution in [0.5, 0.6) is 0 Å². The highest BCUT2D eigenvalue weighted by atomic mass is 32.1. The van der Waals surface area contributed by atoms with Gasteiger partial charge in [0.15, 0.2) is 0 Å². The number of rotatable bonds is 2. The molecule has 0 saturated heterocycles. The fourth-order valence-electron chi connectivity index (χ4n) is 2.10. The van der Waals surface area contributed by atoms with Gasteiger partial charge in [-0.05, 0) is 23.3 Å². The maximum Gasteiger partial charge on any atom is 0.345 e. The molecule has 17 heavy (non-hydrogen) atoms. The highest BCUT2D eigenvalue weighted by Gasteiger charge is 2.20. The third-order valence-electron chi connectivity index (χ3n) is 2.96. The minimum absolute atomic E-state index is 0.399. The molecule has 2 heterocycles. The first-order valence-electron chi connectivity index (χ1n) is 5.39. The van der Waals surface area contributed by atoms with Crippen molar-refractivity contribution in [2.75, 3.05) is 4.90 Å². The van der Waals surface area contributed by atoms with E-state index in [1.165, 1.54) is 22.5 Å². The lowest BCUT2D eigenvalue weighted by molar-refractivity contribution is 0.0702. The Morgan fingerprint density at radius 1 is 1.12 bits per heavy atom. The van der Waals surface area contributed by atoms with E-state index in [4.69, 9.17) is 5.11 Å². The standard InChI is InChI=1S/C13H11NO2S/c15-13(16)11-5-6-12(17-11)14-7-9-3-1-2-4-10(9)8-14/h1-6H,7-8H2,(H,15,16). The predicted molar refractivity (Wildman–Crippen MR) is 67.6 cm³/mol. The largest absolute Gasteiger partial charge is 0.477 e. The van der Waals surface area contributed by atoms with Gasteiger partial charge in [-0.25, -0.2) is 4.79 Å². The predicted octanol–water partition coefficient (Wildman–Crippen LogP) is 2.97. The van der Waals surface area contributed by atoms with E-state index >= 15 is 0 Å². The zero-order valence-corrected chi connectivity index (χ0v) is 9.91. The number of aromatic carboxylic acids is 1. The van der Waals surface area contributed by atoms with Crippen LogP contribution in [0.1, 0.15) is 20.8 Å². The minimum atomic E-state index is -0.849. The molecule has 2 aromatic rings. The SMILES string of the molecule is O=C(O)c1ccc(N2Cc3ccccc3C2)s1. The van der Waals surface area contributed by atoms with Crippen LogP contribution >= 0.6 is 11.3 Å². The summed E-state index contributed by atoms with van der Waals surface area (Å²) in [5, 5.41) is 9.93. The summed E-state index contributed by atoms with van der Waals surface area (Å²) in [7, 11) is 0. The molecule has 0 amide bonds. The van der Waals surface area contributed by atoms with Crippen LogP contribution in [0.2, 0.25) is 0 Å². The smallest absolute Gasteiger partial charge is 0.345 e. The zero-order valence-electron chi connectivity index (χ0n) is 9.09. The maximum absolute atomic E-state index is 10.8. The van der Waals surface area contributed by atoms with Crippen LogP contribution in [0.4, 0.5) is 5.00 Å². The summed E-state index contributed by atoms with van der Waals surface area (Å²) in [6.07, 6.45) is 0. The number of nitrogens with zero attached hydrogens (tertiary/aromatic N) is 1. The summed E-state index contributed by atoms with van der Waals surface area (Å²) >= 11 is 1.34. The Balaban J connectivity index is 1.86. The molecule has 0 atom stereocenters. The van der Waals surface area contributed by atoms with Crippen LogP contribution in [0, 0.1) is 0 Å². The number of carboxylic acid groups (broad SMARTS) is 1. The summed E-state index contributed by atoms with van der Waals surface area (Å²) < 4.78 is 0. The molecule has 0 saturated carbocycles. The van der Waals surface area contributed by atoms with Crippen LogP contribution < -0.4 is 4.90 Å². The topological polar surface area (TPSA) is 40.5 Å². The fourth-order valence-corrected chi connectivity index (χ4v) is 2.94. The molecule has 0 spiro atoms. The maximum atomic E-state index is 10.8. The molecule has 1 N–H and O–H groups in total. The van der Waals surface area contributed by atoms with Crippen molar-refractivity contribution in [1.29, 1.82) is 0 Å². The van der Waals surface area contributed by atoms with Gasteiger partial charge in [-0.15, -0.1) is 11.3 Å². The second-order valence-corrected chi connectivity index (χ2v) is 5.13. The summed E-state index contributed by atoms with van der Waals surface area (Å²) in [6.45, 7) is 1.74. The van der Waals surface area contributed by atoms with Crippen molar-refractivity contribution >= 4 is 22.3 Å². The fraction of sp³-hybridized carbons (Fsp3) is 0.154. The molecule has 0 radical (unpaired) electrons. The van der Waals surface area contributed by atoms with Gasteiger partial charge in [0.1, 0.15) is 4.88 Å². The number of anilines is 1. The van der Waals surface area contributed by atoms with Crippen LogP contribution in [-0.4, -0.2) is 11.1 Å². The third kappa shape index (κ3) is 1.80. The number of benzene rings is 1. The number of carboxylic acids is 1. The molecule has 0 bridgehead atoms. The number of hydrogen-bond acceptors (Lipinski definition) is 3. The monoisotopic (exact) mass is 245 g/mol. The molecule has 1 aromatic carbocycles. The van der Waals surface area contributed by atoms with Crippen LogP contribution in [0.3, 0.4) is 0 Å².